The lowest BCUT2D eigenvalue weighted by atomic mass is 10.0. The predicted octanol–water partition coefficient (Wildman–Crippen LogP) is 3.91. The molecule has 0 bridgehead atoms. The van der Waals surface area contributed by atoms with Crippen LogP contribution in [-0.4, -0.2) is 101 Å². The van der Waals surface area contributed by atoms with E-state index in [1.165, 1.54) is 17.2 Å². The van der Waals surface area contributed by atoms with Gasteiger partial charge in [0.1, 0.15) is 47.9 Å². The van der Waals surface area contributed by atoms with Gasteiger partial charge in [0.15, 0.2) is 29.4 Å². The molecule has 20 nitrogen and oxygen atoms in total. The number of amides is 1. The summed E-state index contributed by atoms with van der Waals surface area (Å²) in [6.45, 7) is 7.93. The highest BCUT2D eigenvalue weighted by atomic mass is 32.5. The van der Waals surface area contributed by atoms with E-state index < -0.39 is 81.1 Å². The van der Waals surface area contributed by atoms with Gasteiger partial charge in [0.05, 0.1) is 31.3 Å². The van der Waals surface area contributed by atoms with E-state index in [4.69, 9.17) is 45.9 Å². The summed E-state index contributed by atoms with van der Waals surface area (Å²) in [7, 11) is -3.17. The van der Waals surface area contributed by atoms with Gasteiger partial charge in [0, 0.05) is 22.0 Å². The first kappa shape index (κ1) is 41.1. The Hall–Kier alpha value is -4.07. The van der Waals surface area contributed by atoms with Gasteiger partial charge >= 0.3 is 19.8 Å². The first-order chi connectivity index (χ1) is 27.4. The summed E-state index contributed by atoms with van der Waals surface area (Å²) in [4.78, 5) is 60.7. The van der Waals surface area contributed by atoms with Gasteiger partial charge in [0.2, 0.25) is 6.54 Å². The average molecular weight is 861 g/mol. The van der Waals surface area contributed by atoms with Crippen LogP contribution in [0.4, 0.5) is 5.82 Å². The number of thiazole rings is 1. The summed E-state index contributed by atoms with van der Waals surface area (Å²) in [6.07, 6.45) is -1.59. The van der Waals surface area contributed by atoms with Crippen LogP contribution in [0.15, 0.2) is 54.1 Å². The number of nitrogens with one attached hydrogen (secondary N) is 1. The van der Waals surface area contributed by atoms with E-state index in [2.05, 4.69) is 35.1 Å². The van der Waals surface area contributed by atoms with Crippen molar-refractivity contribution in [1.82, 2.24) is 34.1 Å². The van der Waals surface area contributed by atoms with Gasteiger partial charge in [-0.05, 0) is 30.9 Å². The standard InChI is InChI=1S/C33H35N9O11P2S2/c1-17-22(51-32(25(17)52-54(46)47)42-29-26(57-33(42)45)27(36-15-38-29)40-30(44)20-8-6-5-7-9-20)13-49-55(56,48-11-10-34-4)53-24-18(2)31(50-21(24)12-43)41-16-39-23-19(3)35-14-37-28(23)41/h5-9,14-18,21-22,24-25,31-32,43H,10-13H2,1-3H3,(H-,36,38,40,44,46,47)/p+1/t17-,18-,21-,22-,24+,25-,31-,32-,55?/m1/s1. The number of rotatable bonds is 15. The Morgan fingerprint density at radius 3 is 2.53 bits per heavy atom. The Balaban J connectivity index is 1.13. The third kappa shape index (κ3) is 8.43. The number of aryl methyl sites for hydroxylation is 1. The maximum Gasteiger partial charge on any atom is 0.695 e. The molecule has 6 heterocycles. The number of aliphatic hydroxyl groups excluding tert-OH is 1. The molecule has 2 fully saturated rings. The number of carbonyl (C=O) groups excluding carboxylic acids is 1. The lowest BCUT2D eigenvalue weighted by Gasteiger charge is -2.29. The fraction of sp³-hybridized carbons (Fsp3) is 0.455. The monoisotopic (exact) mass is 860 g/mol. The molecule has 2 saturated heterocycles. The molecular formula is C33H36N9O11P2S2+. The summed E-state index contributed by atoms with van der Waals surface area (Å²) in [5.74, 6) is -1.51. The second kappa shape index (κ2) is 17.4. The molecule has 4 aromatic heterocycles. The SMILES string of the molecule is [C-]#[N+]CCOP(=S)(OC[C@H]1O[C@@H](n2c(=O)sc3c(NC(=O)c4ccccc4)ncnc32)[C@H](O[P+](=O)O)[C@@H]1C)O[C@H]1[C@@H](C)[C@H](n2cnc3c(C)ncnc32)O[C@@H]1CO. The summed E-state index contributed by atoms with van der Waals surface area (Å²) >= 11 is 6.62. The van der Waals surface area contributed by atoms with E-state index in [0.29, 0.717) is 22.4 Å². The predicted molar refractivity (Wildman–Crippen MR) is 207 cm³/mol. The molecule has 0 saturated carbocycles. The molecule has 0 aliphatic carbocycles. The maximum atomic E-state index is 13.6. The van der Waals surface area contributed by atoms with E-state index in [9.17, 15) is 24.2 Å². The van der Waals surface area contributed by atoms with Crippen molar-refractivity contribution in [3.05, 3.63) is 81.7 Å². The summed E-state index contributed by atoms with van der Waals surface area (Å²) in [5.41, 5.74) is 2.26. The topological polar surface area (TPSA) is 238 Å². The van der Waals surface area contributed by atoms with Crippen molar-refractivity contribution < 1.29 is 46.9 Å². The molecule has 1 amide bonds. The number of aromatic nitrogens is 7. The molecule has 300 valence electrons. The van der Waals surface area contributed by atoms with Gasteiger partial charge in [-0.2, -0.15) is 0 Å². The number of ether oxygens (including phenoxy) is 2. The second-order valence-corrected chi connectivity index (χ2v) is 17.7. The molecule has 3 N–H and O–H groups in total. The van der Waals surface area contributed by atoms with Crippen LogP contribution in [0.3, 0.4) is 0 Å². The van der Waals surface area contributed by atoms with E-state index in [1.807, 2.05) is 13.8 Å². The van der Waals surface area contributed by atoms with Crippen LogP contribution >= 0.6 is 26.3 Å². The van der Waals surface area contributed by atoms with Gasteiger partial charge in [-0.25, -0.2) is 31.5 Å². The van der Waals surface area contributed by atoms with Crippen LogP contribution in [0, 0.1) is 25.3 Å². The molecule has 57 heavy (non-hydrogen) atoms. The zero-order chi connectivity index (χ0) is 40.4. The van der Waals surface area contributed by atoms with E-state index in [1.54, 1.807) is 48.1 Å². The number of hydrogen-bond acceptors (Lipinski definition) is 17. The van der Waals surface area contributed by atoms with Crippen molar-refractivity contribution in [2.45, 2.75) is 57.6 Å². The Labute approximate surface area is 334 Å². The first-order valence-corrected chi connectivity index (χ1v) is 21.9. The second-order valence-electron chi connectivity index (χ2n) is 13.1. The lowest BCUT2D eigenvalue weighted by molar-refractivity contribution is -0.0524. The van der Waals surface area contributed by atoms with Crippen LogP contribution in [-0.2, 0) is 43.9 Å². The van der Waals surface area contributed by atoms with Crippen LogP contribution in [0.5, 0.6) is 0 Å². The Morgan fingerprint density at radius 2 is 1.79 bits per heavy atom. The number of fused-ring (bicyclic) bond motifs is 2. The minimum Gasteiger partial charge on any atom is -0.394 e. The summed E-state index contributed by atoms with van der Waals surface area (Å²) in [6, 6.07) is 8.44. The fourth-order valence-corrected chi connectivity index (χ4v) is 10.3. The number of aliphatic hydroxyl groups is 1. The van der Waals surface area contributed by atoms with Crippen LogP contribution in [0.2, 0.25) is 0 Å². The third-order valence-corrected chi connectivity index (χ3v) is 13.3. The molecule has 24 heteroatoms. The number of nitrogens with zero attached hydrogens (tertiary/aromatic N) is 8. The maximum absolute atomic E-state index is 13.6. The average Bonchev–Trinajstić information content (AvgIpc) is 3.94. The molecule has 0 radical (unpaired) electrons. The smallest absolute Gasteiger partial charge is 0.394 e. The Bertz CT molecular complexity index is 2430. The van der Waals surface area contributed by atoms with Gasteiger partial charge in [-0.3, -0.25) is 18.7 Å². The number of carbonyl (C=O) groups is 1. The zero-order valence-corrected chi connectivity index (χ0v) is 33.8. The van der Waals surface area contributed by atoms with E-state index in [-0.39, 0.29) is 35.9 Å². The molecule has 2 unspecified atom stereocenters. The minimum atomic E-state index is -3.75. The van der Waals surface area contributed by atoms with Crippen molar-refractivity contribution >= 4 is 71.4 Å². The highest BCUT2D eigenvalue weighted by molar-refractivity contribution is 8.07. The Kier molecular flexibility index (Phi) is 12.6. The van der Waals surface area contributed by atoms with Gasteiger partial charge in [0.25, 0.3) is 5.91 Å². The van der Waals surface area contributed by atoms with Gasteiger partial charge in [-0.1, -0.05) is 43.4 Å². The first-order valence-electron chi connectivity index (χ1n) is 17.4. The van der Waals surface area contributed by atoms with Crippen molar-refractivity contribution in [2.24, 2.45) is 11.8 Å². The number of imidazole rings is 1. The number of benzene rings is 1. The molecule has 0 spiro atoms. The highest BCUT2D eigenvalue weighted by Crippen LogP contribution is 2.55. The van der Waals surface area contributed by atoms with Gasteiger partial charge in [-0.15, -0.1) is 9.42 Å². The van der Waals surface area contributed by atoms with Crippen molar-refractivity contribution in [3.63, 3.8) is 0 Å². The molecule has 1 aromatic carbocycles. The molecule has 7 rings (SSSR count). The number of hydrogen-bond donors (Lipinski definition) is 3. The minimum absolute atomic E-state index is 0.0460. The van der Waals surface area contributed by atoms with Gasteiger partial charge < -0.3 is 38.3 Å². The van der Waals surface area contributed by atoms with Crippen molar-refractivity contribution in [2.75, 3.05) is 31.7 Å². The lowest BCUT2D eigenvalue weighted by Crippen LogP contribution is -2.32. The van der Waals surface area contributed by atoms with E-state index in [0.717, 1.165) is 11.3 Å². The zero-order valence-electron chi connectivity index (χ0n) is 30.4. The van der Waals surface area contributed by atoms with Crippen LogP contribution < -0.4 is 10.2 Å². The quantitative estimate of drug-likeness (QED) is 0.0768. The molecule has 2 aliphatic rings. The highest BCUT2D eigenvalue weighted by Gasteiger charge is 2.51. The summed E-state index contributed by atoms with van der Waals surface area (Å²) < 4.78 is 51.8. The van der Waals surface area contributed by atoms with Crippen molar-refractivity contribution in [1.29, 1.82) is 0 Å². The molecule has 5 aromatic rings. The fourth-order valence-electron chi connectivity index (χ4n) is 6.71. The number of anilines is 1. The summed E-state index contributed by atoms with van der Waals surface area (Å²) in [5, 5.41) is 13.1. The molecule has 10 atom stereocenters. The van der Waals surface area contributed by atoms with Crippen LogP contribution in [0.1, 0.15) is 42.4 Å². The normalized spacial score (nSPS) is 26.1. The third-order valence-electron chi connectivity index (χ3n) is 9.58. The van der Waals surface area contributed by atoms with E-state index >= 15 is 0 Å². The largest absolute Gasteiger partial charge is 0.695 e. The molecule has 2 aliphatic heterocycles. The van der Waals surface area contributed by atoms with Crippen molar-refractivity contribution in [3.8, 4) is 0 Å². The molecular weight excluding hydrogens is 824 g/mol. The Morgan fingerprint density at radius 1 is 1.05 bits per heavy atom. The van der Waals surface area contributed by atoms with Crippen LogP contribution in [0.25, 0.3) is 26.4 Å².